The highest BCUT2D eigenvalue weighted by Gasteiger charge is 2.12. The molecule has 0 aliphatic carbocycles. The highest BCUT2D eigenvalue weighted by molar-refractivity contribution is 6.30. The van der Waals surface area contributed by atoms with Gasteiger partial charge in [-0.15, -0.1) is 0 Å². The predicted molar refractivity (Wildman–Crippen MR) is 140 cm³/mol. The average molecular weight is 505 g/mol. The van der Waals surface area contributed by atoms with E-state index in [-0.39, 0.29) is 5.91 Å². The highest BCUT2D eigenvalue weighted by atomic mass is 35.5. The molecule has 0 heterocycles. The van der Waals surface area contributed by atoms with Crippen molar-refractivity contribution >= 4 is 35.3 Å². The second kappa shape index (κ2) is 12.1. The second-order valence-corrected chi connectivity index (χ2v) is 8.44. The number of nitrogens with zero attached hydrogens (tertiary/aromatic N) is 1. The van der Waals surface area contributed by atoms with Crippen LogP contribution in [0.4, 0.5) is 0 Å². The third kappa shape index (κ3) is 7.09. The summed E-state index contributed by atoms with van der Waals surface area (Å²) < 4.78 is 11.8. The number of halogens is 2. The van der Waals surface area contributed by atoms with Crippen molar-refractivity contribution in [2.24, 2.45) is 5.10 Å². The van der Waals surface area contributed by atoms with Crippen molar-refractivity contribution in [2.75, 3.05) is 0 Å². The maximum absolute atomic E-state index is 12.8. The minimum Gasteiger partial charge on any atom is -0.488 e. The lowest BCUT2D eigenvalue weighted by atomic mass is 10.2. The molecule has 0 unspecified atom stereocenters. The number of hydrogen-bond donors (Lipinski definition) is 1. The molecular weight excluding hydrogens is 483 g/mol. The molecule has 1 N–H and O–H groups in total. The van der Waals surface area contributed by atoms with E-state index in [4.69, 9.17) is 32.7 Å². The molecule has 0 spiro atoms. The fourth-order valence-electron chi connectivity index (χ4n) is 3.20. The number of hydrazone groups is 1. The molecule has 5 nitrogen and oxygen atoms in total. The summed E-state index contributed by atoms with van der Waals surface area (Å²) in [5, 5.41) is 5.45. The zero-order valence-electron chi connectivity index (χ0n) is 18.7. The number of nitrogens with one attached hydrogen (secondary N) is 1. The van der Waals surface area contributed by atoms with Gasteiger partial charge in [0.15, 0.2) is 0 Å². The molecule has 1 amide bonds. The van der Waals surface area contributed by atoms with Gasteiger partial charge in [-0.05, 0) is 59.7 Å². The summed E-state index contributed by atoms with van der Waals surface area (Å²) in [5.74, 6) is 0.724. The van der Waals surface area contributed by atoms with Gasteiger partial charge >= 0.3 is 0 Å². The van der Waals surface area contributed by atoms with Gasteiger partial charge in [-0.1, -0.05) is 71.7 Å². The third-order valence-corrected chi connectivity index (χ3v) is 5.54. The monoisotopic (exact) mass is 504 g/mol. The lowest BCUT2D eigenvalue weighted by Crippen LogP contribution is -2.18. The topological polar surface area (TPSA) is 59.9 Å². The number of ether oxygens (including phenoxy) is 2. The molecule has 0 saturated carbocycles. The molecule has 0 saturated heterocycles. The van der Waals surface area contributed by atoms with E-state index in [1.165, 1.54) is 0 Å². The average Bonchev–Trinajstić information content (AvgIpc) is 2.89. The van der Waals surface area contributed by atoms with E-state index in [2.05, 4.69) is 10.5 Å². The maximum Gasteiger partial charge on any atom is 0.275 e. The van der Waals surface area contributed by atoms with E-state index in [0.717, 1.165) is 16.7 Å². The van der Waals surface area contributed by atoms with Crippen molar-refractivity contribution in [3.8, 4) is 11.5 Å². The molecule has 0 fully saturated rings. The Hall–Kier alpha value is -3.80. The van der Waals surface area contributed by atoms with Crippen LogP contribution in [0.3, 0.4) is 0 Å². The summed E-state index contributed by atoms with van der Waals surface area (Å²) in [6.45, 7) is 0.690. The summed E-state index contributed by atoms with van der Waals surface area (Å²) in [6.07, 6.45) is 1.55. The molecule has 0 aromatic heterocycles. The molecule has 4 aromatic carbocycles. The van der Waals surface area contributed by atoms with Gasteiger partial charge < -0.3 is 9.47 Å². The number of amides is 1. The second-order valence-electron chi connectivity index (χ2n) is 7.56. The Morgan fingerprint density at radius 3 is 1.86 bits per heavy atom. The lowest BCUT2D eigenvalue weighted by Gasteiger charge is -2.11. The Balaban J connectivity index is 1.38. The first kappa shape index (κ1) is 24.3. The lowest BCUT2D eigenvalue weighted by molar-refractivity contribution is 0.0950. The first-order valence-corrected chi connectivity index (χ1v) is 11.6. The van der Waals surface area contributed by atoms with Crippen molar-refractivity contribution in [2.45, 2.75) is 13.2 Å². The standard InChI is InChI=1S/C28H22Cl2N2O3/c29-23-13-9-20(10-14-23)18-34-26-7-3-1-5-22(26)17-31-32-28(33)25-6-2-4-8-27(25)35-19-21-11-15-24(30)16-12-21/h1-17H,18-19H2,(H,32,33)/b31-17+. The van der Waals surface area contributed by atoms with Crippen LogP contribution in [0.15, 0.2) is 102 Å². The van der Waals surface area contributed by atoms with Gasteiger partial charge in [-0.3, -0.25) is 4.79 Å². The zero-order valence-corrected chi connectivity index (χ0v) is 20.2. The van der Waals surface area contributed by atoms with Crippen LogP contribution >= 0.6 is 23.2 Å². The first-order chi connectivity index (χ1) is 17.1. The summed E-state index contributed by atoms with van der Waals surface area (Å²) in [7, 11) is 0. The van der Waals surface area contributed by atoms with Crippen molar-refractivity contribution in [3.05, 3.63) is 129 Å². The summed E-state index contributed by atoms with van der Waals surface area (Å²) in [4.78, 5) is 12.8. The van der Waals surface area contributed by atoms with Crippen molar-refractivity contribution < 1.29 is 14.3 Å². The molecule has 176 valence electrons. The fraction of sp³-hybridized carbons (Fsp3) is 0.0714. The first-order valence-electron chi connectivity index (χ1n) is 10.8. The van der Waals surface area contributed by atoms with E-state index < -0.39 is 0 Å². The Kier molecular flexibility index (Phi) is 8.39. The molecule has 35 heavy (non-hydrogen) atoms. The molecule has 7 heteroatoms. The van der Waals surface area contributed by atoms with Gasteiger partial charge in [-0.2, -0.15) is 5.10 Å². The van der Waals surface area contributed by atoms with Gasteiger partial charge in [0.05, 0.1) is 11.8 Å². The largest absolute Gasteiger partial charge is 0.488 e. The Morgan fingerprint density at radius 1 is 0.714 bits per heavy atom. The Morgan fingerprint density at radius 2 is 1.23 bits per heavy atom. The van der Waals surface area contributed by atoms with Gasteiger partial charge in [0, 0.05) is 15.6 Å². The van der Waals surface area contributed by atoms with E-state index >= 15 is 0 Å². The van der Waals surface area contributed by atoms with Crippen molar-refractivity contribution in [3.63, 3.8) is 0 Å². The number of benzene rings is 4. The zero-order chi connectivity index (χ0) is 24.5. The predicted octanol–water partition coefficient (Wildman–Crippen LogP) is 6.92. The number of para-hydroxylation sites is 2. The van der Waals surface area contributed by atoms with E-state index in [9.17, 15) is 4.79 Å². The summed E-state index contributed by atoms with van der Waals surface area (Å²) >= 11 is 11.9. The van der Waals surface area contributed by atoms with Crippen LogP contribution in [0, 0.1) is 0 Å². The van der Waals surface area contributed by atoms with Gasteiger partial charge in [-0.25, -0.2) is 5.43 Å². The van der Waals surface area contributed by atoms with Crippen LogP contribution < -0.4 is 14.9 Å². The van der Waals surface area contributed by atoms with E-state index in [1.54, 1.807) is 36.5 Å². The van der Waals surface area contributed by atoms with Gasteiger partial charge in [0.1, 0.15) is 24.7 Å². The molecular formula is C28H22Cl2N2O3. The van der Waals surface area contributed by atoms with Crippen LogP contribution in [0.2, 0.25) is 10.0 Å². The summed E-state index contributed by atoms with van der Waals surface area (Å²) in [6, 6.07) is 29.3. The van der Waals surface area contributed by atoms with Gasteiger partial charge in [0.2, 0.25) is 0 Å². The molecule has 4 rings (SSSR count). The number of carbonyl (C=O) groups excluding carboxylic acids is 1. The number of hydrogen-bond acceptors (Lipinski definition) is 4. The molecule has 0 bridgehead atoms. The van der Waals surface area contributed by atoms with E-state index in [1.807, 2.05) is 66.7 Å². The minimum atomic E-state index is -0.382. The molecule has 4 aromatic rings. The molecule has 0 radical (unpaired) electrons. The number of carbonyl (C=O) groups is 1. The maximum atomic E-state index is 12.8. The van der Waals surface area contributed by atoms with Crippen LogP contribution in [0.5, 0.6) is 11.5 Å². The van der Waals surface area contributed by atoms with Gasteiger partial charge in [0.25, 0.3) is 5.91 Å². The van der Waals surface area contributed by atoms with Crippen molar-refractivity contribution in [1.29, 1.82) is 0 Å². The Labute approximate surface area is 213 Å². The van der Waals surface area contributed by atoms with Crippen molar-refractivity contribution in [1.82, 2.24) is 5.43 Å². The van der Waals surface area contributed by atoms with Crippen LogP contribution in [0.1, 0.15) is 27.0 Å². The van der Waals surface area contributed by atoms with E-state index in [0.29, 0.717) is 40.3 Å². The normalized spacial score (nSPS) is 10.8. The van der Waals surface area contributed by atoms with Crippen LogP contribution in [0.25, 0.3) is 0 Å². The quantitative estimate of drug-likeness (QED) is 0.199. The SMILES string of the molecule is O=C(N/N=C/c1ccccc1OCc1ccc(Cl)cc1)c1ccccc1OCc1ccc(Cl)cc1. The number of rotatable bonds is 9. The molecule has 0 aliphatic rings. The smallest absolute Gasteiger partial charge is 0.275 e. The summed E-state index contributed by atoms with van der Waals surface area (Å²) in [5.41, 5.74) is 5.61. The highest BCUT2D eigenvalue weighted by Crippen LogP contribution is 2.21. The minimum absolute atomic E-state index is 0.309. The molecule has 0 atom stereocenters. The fourth-order valence-corrected chi connectivity index (χ4v) is 3.45. The third-order valence-electron chi connectivity index (χ3n) is 5.04. The van der Waals surface area contributed by atoms with Crippen LogP contribution in [-0.4, -0.2) is 12.1 Å². The Bertz CT molecular complexity index is 1310. The van der Waals surface area contributed by atoms with Crippen LogP contribution in [-0.2, 0) is 13.2 Å². The molecule has 0 aliphatic heterocycles.